The van der Waals surface area contributed by atoms with Crippen LogP contribution in [0.1, 0.15) is 6.92 Å². The van der Waals surface area contributed by atoms with Gasteiger partial charge in [-0.1, -0.05) is 12.1 Å². The normalized spacial score (nSPS) is 11.7. The first-order chi connectivity index (χ1) is 12.9. The highest BCUT2D eigenvalue weighted by molar-refractivity contribution is 8.00. The van der Waals surface area contributed by atoms with Crippen LogP contribution in [0.4, 0.5) is 10.8 Å². The average molecular weight is 402 g/mol. The lowest BCUT2D eigenvalue weighted by Crippen LogP contribution is -2.30. The summed E-state index contributed by atoms with van der Waals surface area (Å²) in [6.45, 7) is 1.70. The summed E-state index contributed by atoms with van der Waals surface area (Å²) in [4.78, 5) is 27.1. The van der Waals surface area contributed by atoms with Crippen LogP contribution < -0.4 is 10.0 Å². The van der Waals surface area contributed by atoms with Crippen molar-refractivity contribution in [1.82, 2.24) is 4.98 Å². The summed E-state index contributed by atoms with van der Waals surface area (Å²) in [5.41, 5.74) is 1.12. The minimum absolute atomic E-state index is 0.0233. The highest BCUT2D eigenvalue weighted by Crippen LogP contribution is 2.28. The molecular weight excluding hydrogens is 388 g/mol. The number of nitrogens with one attached hydrogen (secondary N) is 1. The first kappa shape index (κ1) is 18.8. The average Bonchev–Trinajstić information content (AvgIpc) is 3.12. The van der Waals surface area contributed by atoms with Crippen molar-refractivity contribution in [3.8, 4) is 11.3 Å². The van der Waals surface area contributed by atoms with Gasteiger partial charge in [0.1, 0.15) is 0 Å². The molecule has 2 aromatic heterocycles. The lowest BCUT2D eigenvalue weighted by atomic mass is 10.1. The van der Waals surface area contributed by atoms with E-state index in [2.05, 4.69) is 10.3 Å². The van der Waals surface area contributed by atoms with Crippen LogP contribution >= 0.6 is 23.1 Å². The highest BCUT2D eigenvalue weighted by atomic mass is 32.2. The molecule has 0 aliphatic rings. The Bertz CT molecular complexity index is 992. The Morgan fingerprint density at radius 2 is 2.15 bits per heavy atom. The number of rotatable bonds is 6. The first-order valence-corrected chi connectivity index (χ1v) is 9.56. The van der Waals surface area contributed by atoms with Gasteiger partial charge in [0.25, 0.3) is 10.7 Å². The quantitative estimate of drug-likeness (QED) is 0.222. The molecule has 0 radical (unpaired) electrons. The molecule has 1 amide bonds. The molecule has 1 aromatic carbocycles. The van der Waals surface area contributed by atoms with E-state index in [9.17, 15) is 20.1 Å². The molecule has 27 heavy (non-hydrogen) atoms. The number of hydrogen-bond donors (Lipinski definition) is 1. The van der Waals surface area contributed by atoms with Crippen molar-refractivity contribution in [3.63, 3.8) is 0 Å². The Labute approximate surface area is 162 Å². The number of thioether (sulfide) groups is 1. The number of nitrogens with zero attached hydrogens (tertiary/aromatic N) is 3. The molecule has 0 aliphatic heterocycles. The van der Waals surface area contributed by atoms with Gasteiger partial charge in [-0.15, -0.1) is 11.3 Å². The standard InChI is InChI=1S/C17H14N4O4S2/c1-11(27-15-7-2-3-8-20(15)23)16(22)19-17-18-14(10-26-17)12-5-4-6-13(9-12)21(24)25/h2-11H,1H3,(H,18,19,22). The van der Waals surface area contributed by atoms with Gasteiger partial charge in [-0.25, -0.2) is 4.98 Å². The third-order valence-corrected chi connectivity index (χ3v) is 5.43. The minimum atomic E-state index is -0.502. The monoisotopic (exact) mass is 402 g/mol. The van der Waals surface area contributed by atoms with Crippen LogP contribution in [-0.4, -0.2) is 21.1 Å². The second kappa shape index (κ2) is 8.14. The molecule has 3 rings (SSSR count). The van der Waals surface area contributed by atoms with E-state index in [0.717, 1.165) is 11.8 Å². The Kier molecular flexibility index (Phi) is 5.67. The molecule has 1 unspecified atom stereocenters. The molecule has 2 heterocycles. The smallest absolute Gasteiger partial charge is 0.270 e. The Hall–Kier alpha value is -2.98. The van der Waals surface area contributed by atoms with Crippen LogP contribution in [0.5, 0.6) is 0 Å². The summed E-state index contributed by atoms with van der Waals surface area (Å²) in [5.74, 6) is -0.288. The number of carbonyl (C=O) groups is 1. The summed E-state index contributed by atoms with van der Waals surface area (Å²) in [6, 6.07) is 11.1. The number of nitro benzene ring substituents is 1. The number of anilines is 1. The number of pyridine rings is 1. The maximum absolute atomic E-state index is 12.4. The van der Waals surface area contributed by atoms with E-state index < -0.39 is 10.2 Å². The van der Waals surface area contributed by atoms with Crippen molar-refractivity contribution in [3.05, 3.63) is 69.4 Å². The van der Waals surface area contributed by atoms with Crippen LogP contribution in [0.3, 0.4) is 0 Å². The molecule has 1 N–H and O–H groups in total. The Balaban J connectivity index is 1.68. The molecule has 0 aliphatic carbocycles. The number of benzene rings is 1. The topological polar surface area (TPSA) is 112 Å². The lowest BCUT2D eigenvalue weighted by Gasteiger charge is -2.09. The number of non-ortho nitro benzene ring substituents is 1. The molecule has 1 atom stereocenters. The highest BCUT2D eigenvalue weighted by Gasteiger charge is 2.20. The van der Waals surface area contributed by atoms with E-state index in [1.165, 1.54) is 29.7 Å². The van der Waals surface area contributed by atoms with E-state index in [4.69, 9.17) is 0 Å². The van der Waals surface area contributed by atoms with Crippen molar-refractivity contribution in [2.24, 2.45) is 0 Å². The van der Waals surface area contributed by atoms with Gasteiger partial charge in [0, 0.05) is 35.2 Å². The van der Waals surface area contributed by atoms with Gasteiger partial charge in [-0.2, -0.15) is 4.73 Å². The van der Waals surface area contributed by atoms with Crippen LogP contribution in [0.15, 0.2) is 59.1 Å². The second-order valence-electron chi connectivity index (χ2n) is 5.46. The molecule has 0 saturated heterocycles. The summed E-state index contributed by atoms with van der Waals surface area (Å²) >= 11 is 2.37. The second-order valence-corrected chi connectivity index (χ2v) is 7.68. The van der Waals surface area contributed by atoms with E-state index in [-0.39, 0.29) is 11.6 Å². The van der Waals surface area contributed by atoms with Crippen molar-refractivity contribution in [2.75, 3.05) is 5.32 Å². The maximum atomic E-state index is 12.4. The van der Waals surface area contributed by atoms with Gasteiger partial charge in [-0.3, -0.25) is 14.9 Å². The van der Waals surface area contributed by atoms with Gasteiger partial charge in [0.05, 0.1) is 15.9 Å². The number of amides is 1. The molecular formula is C17H14N4O4S2. The third kappa shape index (κ3) is 4.60. The fraction of sp³-hybridized carbons (Fsp3) is 0.118. The number of aromatic nitrogens is 2. The van der Waals surface area contributed by atoms with Crippen LogP contribution in [-0.2, 0) is 4.79 Å². The molecule has 0 spiro atoms. The van der Waals surface area contributed by atoms with E-state index in [0.29, 0.717) is 26.1 Å². The fourth-order valence-corrected chi connectivity index (χ4v) is 3.76. The van der Waals surface area contributed by atoms with E-state index in [1.807, 2.05) is 0 Å². The summed E-state index contributed by atoms with van der Waals surface area (Å²) in [5, 5.41) is 27.3. The Morgan fingerprint density at radius 1 is 1.33 bits per heavy atom. The zero-order valence-corrected chi connectivity index (χ0v) is 15.7. The van der Waals surface area contributed by atoms with Crippen LogP contribution in [0.25, 0.3) is 11.3 Å². The van der Waals surface area contributed by atoms with Crippen molar-refractivity contribution < 1.29 is 14.4 Å². The fourth-order valence-electron chi connectivity index (χ4n) is 2.19. The van der Waals surface area contributed by atoms with Gasteiger partial charge >= 0.3 is 0 Å². The minimum Gasteiger partial charge on any atom is -0.618 e. The largest absolute Gasteiger partial charge is 0.618 e. The van der Waals surface area contributed by atoms with Gasteiger partial charge in [0.2, 0.25) is 5.91 Å². The summed E-state index contributed by atoms with van der Waals surface area (Å²) < 4.78 is 0.707. The zero-order chi connectivity index (χ0) is 19.4. The van der Waals surface area contributed by atoms with E-state index in [1.54, 1.807) is 42.6 Å². The Morgan fingerprint density at radius 3 is 2.89 bits per heavy atom. The molecule has 10 heteroatoms. The molecule has 0 bridgehead atoms. The summed E-state index contributed by atoms with van der Waals surface area (Å²) in [7, 11) is 0. The maximum Gasteiger partial charge on any atom is 0.270 e. The molecule has 3 aromatic rings. The van der Waals surface area contributed by atoms with Crippen LogP contribution in [0, 0.1) is 15.3 Å². The van der Waals surface area contributed by atoms with Crippen molar-refractivity contribution in [1.29, 1.82) is 0 Å². The predicted octanol–water partition coefficient (Wildman–Crippen LogP) is 3.47. The third-order valence-electron chi connectivity index (χ3n) is 3.54. The van der Waals surface area contributed by atoms with Gasteiger partial charge in [-0.05, 0) is 24.8 Å². The zero-order valence-electron chi connectivity index (χ0n) is 14.1. The SMILES string of the molecule is CC(Sc1cccc[n+]1[O-])C(=O)Nc1nc(-c2cccc([N+](=O)[O-])c2)cs1. The van der Waals surface area contributed by atoms with E-state index >= 15 is 0 Å². The molecule has 138 valence electrons. The van der Waals surface area contributed by atoms with Gasteiger partial charge in [0.15, 0.2) is 11.3 Å². The van der Waals surface area contributed by atoms with Crippen LogP contribution in [0.2, 0.25) is 0 Å². The number of nitro groups is 1. The molecule has 0 saturated carbocycles. The number of hydrogen-bond acceptors (Lipinski definition) is 7. The van der Waals surface area contributed by atoms with Gasteiger partial charge < -0.3 is 10.5 Å². The van der Waals surface area contributed by atoms with Crippen molar-refractivity contribution in [2.45, 2.75) is 17.2 Å². The number of carbonyl (C=O) groups excluding carboxylic acids is 1. The van der Waals surface area contributed by atoms with Crippen molar-refractivity contribution >= 4 is 39.8 Å². The number of thiazole rings is 1. The first-order valence-electron chi connectivity index (χ1n) is 7.80. The molecule has 8 nitrogen and oxygen atoms in total. The molecule has 0 fully saturated rings. The predicted molar refractivity (Wildman–Crippen MR) is 104 cm³/mol. The lowest BCUT2D eigenvalue weighted by molar-refractivity contribution is -0.645. The summed E-state index contributed by atoms with van der Waals surface area (Å²) in [6.07, 6.45) is 1.37.